The minimum atomic E-state index is -0.127. The van der Waals surface area contributed by atoms with E-state index in [0.717, 1.165) is 22.8 Å². The number of nitrogens with zero attached hydrogens (tertiary/aromatic N) is 2. The lowest BCUT2D eigenvalue weighted by Gasteiger charge is -2.09. The molecule has 0 aliphatic heterocycles. The van der Waals surface area contributed by atoms with Crippen LogP contribution < -0.4 is 15.6 Å². The SMILES string of the molecule is COc1ccccc1CSCCNc1ncc(Cc2cccnc2)c(=O)[nH]1.Cl.Cl. The zero-order valence-electron chi connectivity index (χ0n) is 16.0. The molecule has 0 atom stereocenters. The fourth-order valence-electron chi connectivity index (χ4n) is 2.61. The van der Waals surface area contributed by atoms with Gasteiger partial charge >= 0.3 is 0 Å². The van der Waals surface area contributed by atoms with Crippen LogP contribution in [0.5, 0.6) is 5.75 Å². The van der Waals surface area contributed by atoms with Gasteiger partial charge in [0.2, 0.25) is 5.95 Å². The largest absolute Gasteiger partial charge is 0.496 e. The number of methoxy groups -OCH3 is 1. The number of aromatic amines is 1. The van der Waals surface area contributed by atoms with Crippen LogP contribution in [0.4, 0.5) is 5.95 Å². The molecule has 3 rings (SSSR count). The van der Waals surface area contributed by atoms with Crippen molar-refractivity contribution in [2.45, 2.75) is 12.2 Å². The number of H-pyrrole nitrogens is 1. The Labute approximate surface area is 186 Å². The van der Waals surface area contributed by atoms with Crippen molar-refractivity contribution in [1.82, 2.24) is 15.0 Å². The number of hydrogen-bond donors (Lipinski definition) is 2. The van der Waals surface area contributed by atoms with Crippen molar-refractivity contribution < 1.29 is 4.74 Å². The highest BCUT2D eigenvalue weighted by atomic mass is 35.5. The monoisotopic (exact) mass is 454 g/mol. The number of ether oxygens (including phenoxy) is 1. The maximum Gasteiger partial charge on any atom is 0.255 e. The second kappa shape index (κ2) is 13.1. The number of aromatic nitrogens is 3. The van der Waals surface area contributed by atoms with E-state index >= 15 is 0 Å². The fraction of sp³-hybridized carbons (Fsp3) is 0.250. The molecule has 3 aromatic rings. The van der Waals surface area contributed by atoms with Crippen molar-refractivity contribution in [1.29, 1.82) is 0 Å². The number of thioether (sulfide) groups is 1. The minimum absolute atomic E-state index is 0. The first-order valence-corrected chi connectivity index (χ1v) is 9.82. The summed E-state index contributed by atoms with van der Waals surface area (Å²) in [6.45, 7) is 0.713. The maximum atomic E-state index is 12.2. The highest BCUT2D eigenvalue weighted by Gasteiger charge is 2.05. The smallest absolute Gasteiger partial charge is 0.255 e. The molecular weight excluding hydrogens is 431 g/mol. The first-order chi connectivity index (χ1) is 13.3. The highest BCUT2D eigenvalue weighted by molar-refractivity contribution is 7.98. The van der Waals surface area contributed by atoms with Crippen LogP contribution in [0.2, 0.25) is 0 Å². The van der Waals surface area contributed by atoms with E-state index in [1.807, 2.05) is 30.3 Å². The van der Waals surface area contributed by atoms with Gasteiger partial charge in [-0.3, -0.25) is 14.8 Å². The Morgan fingerprint density at radius 1 is 1.10 bits per heavy atom. The summed E-state index contributed by atoms with van der Waals surface area (Å²) in [7, 11) is 1.69. The number of halogens is 2. The van der Waals surface area contributed by atoms with Gasteiger partial charge in [0, 0.05) is 54.2 Å². The third-order valence-corrected chi connectivity index (χ3v) is 4.99. The van der Waals surface area contributed by atoms with Gasteiger partial charge in [0.05, 0.1) is 7.11 Å². The van der Waals surface area contributed by atoms with Crippen molar-refractivity contribution >= 4 is 42.5 Å². The van der Waals surface area contributed by atoms with E-state index in [9.17, 15) is 4.79 Å². The van der Waals surface area contributed by atoms with Crippen LogP contribution in [0.15, 0.2) is 59.8 Å². The number of nitrogens with one attached hydrogen (secondary N) is 2. The van der Waals surface area contributed by atoms with E-state index in [1.165, 1.54) is 5.56 Å². The molecule has 0 amide bonds. The Bertz CT molecular complexity index is 926. The van der Waals surface area contributed by atoms with Gasteiger partial charge in [-0.25, -0.2) is 4.98 Å². The Kier molecular flexibility index (Phi) is 11.2. The van der Waals surface area contributed by atoms with Crippen molar-refractivity contribution in [2.24, 2.45) is 0 Å². The Morgan fingerprint density at radius 2 is 1.93 bits per heavy atom. The molecule has 0 saturated heterocycles. The van der Waals surface area contributed by atoms with E-state index in [0.29, 0.717) is 24.5 Å². The molecule has 0 fully saturated rings. The lowest BCUT2D eigenvalue weighted by Crippen LogP contribution is -2.18. The molecule has 9 heteroatoms. The number of pyridine rings is 1. The highest BCUT2D eigenvalue weighted by Crippen LogP contribution is 2.22. The zero-order valence-corrected chi connectivity index (χ0v) is 18.4. The van der Waals surface area contributed by atoms with Crippen LogP contribution in [0.3, 0.4) is 0 Å². The minimum Gasteiger partial charge on any atom is -0.496 e. The van der Waals surface area contributed by atoms with Crippen LogP contribution in [0, 0.1) is 0 Å². The molecule has 0 radical (unpaired) electrons. The molecule has 6 nitrogen and oxygen atoms in total. The first kappa shape index (κ1) is 24.8. The van der Waals surface area contributed by atoms with E-state index in [2.05, 4.69) is 26.3 Å². The molecule has 2 N–H and O–H groups in total. The fourth-order valence-corrected chi connectivity index (χ4v) is 3.45. The molecule has 2 heterocycles. The summed E-state index contributed by atoms with van der Waals surface area (Å²) in [6, 6.07) is 11.8. The lowest BCUT2D eigenvalue weighted by molar-refractivity contribution is 0.411. The van der Waals surface area contributed by atoms with Crippen LogP contribution in [0.1, 0.15) is 16.7 Å². The number of anilines is 1. The normalized spacial score (nSPS) is 9.83. The molecule has 0 aliphatic carbocycles. The number of benzene rings is 1. The quantitative estimate of drug-likeness (QED) is 0.476. The summed E-state index contributed by atoms with van der Waals surface area (Å²) in [5.41, 5.74) is 2.66. The molecule has 2 aromatic heterocycles. The average Bonchev–Trinajstić information content (AvgIpc) is 2.71. The second-order valence-corrected chi connectivity index (χ2v) is 7.02. The molecule has 0 unspecified atom stereocenters. The predicted octanol–water partition coefficient (Wildman–Crippen LogP) is 3.95. The van der Waals surface area contributed by atoms with Crippen LogP contribution in [-0.2, 0) is 12.2 Å². The Hall–Kier alpha value is -2.22. The van der Waals surface area contributed by atoms with Crippen LogP contribution >= 0.6 is 36.6 Å². The van der Waals surface area contributed by atoms with Crippen molar-refractivity contribution in [3.63, 3.8) is 0 Å². The van der Waals surface area contributed by atoms with Crippen molar-refractivity contribution in [2.75, 3.05) is 24.7 Å². The van der Waals surface area contributed by atoms with E-state index < -0.39 is 0 Å². The topological polar surface area (TPSA) is 79.9 Å². The standard InChI is InChI=1S/C20H22N4O2S.2ClH/c1-26-18-7-3-2-6-16(18)14-27-10-9-22-20-23-13-17(19(25)24-20)11-15-5-4-8-21-12-15;;/h2-8,12-13H,9-11,14H2,1H3,(H2,22,23,24,25);2*1H. The third kappa shape index (κ3) is 7.61. The summed E-state index contributed by atoms with van der Waals surface area (Å²) in [5, 5.41) is 3.16. The first-order valence-electron chi connectivity index (χ1n) is 8.67. The summed E-state index contributed by atoms with van der Waals surface area (Å²) < 4.78 is 5.36. The number of hydrogen-bond acceptors (Lipinski definition) is 6. The van der Waals surface area contributed by atoms with Gasteiger partial charge in [0.15, 0.2) is 0 Å². The van der Waals surface area contributed by atoms with E-state index in [1.54, 1.807) is 37.5 Å². The van der Waals surface area contributed by atoms with Crippen molar-refractivity contribution in [3.05, 3.63) is 82.0 Å². The van der Waals surface area contributed by atoms with Gasteiger partial charge < -0.3 is 10.1 Å². The molecule has 156 valence electrons. The molecule has 0 spiro atoms. The van der Waals surface area contributed by atoms with E-state index in [4.69, 9.17) is 4.74 Å². The third-order valence-electron chi connectivity index (χ3n) is 3.98. The average molecular weight is 455 g/mol. The van der Waals surface area contributed by atoms with Crippen LogP contribution in [0.25, 0.3) is 0 Å². The van der Waals surface area contributed by atoms with Gasteiger partial charge in [-0.2, -0.15) is 11.8 Å². The van der Waals surface area contributed by atoms with Gasteiger partial charge in [-0.1, -0.05) is 24.3 Å². The lowest BCUT2D eigenvalue weighted by atomic mass is 10.1. The Balaban J connectivity index is 0.00000210. The van der Waals surface area contributed by atoms with Gasteiger partial charge in [-0.05, 0) is 17.7 Å². The summed E-state index contributed by atoms with van der Waals surface area (Å²) in [6.07, 6.45) is 5.61. The maximum absolute atomic E-state index is 12.2. The van der Waals surface area contributed by atoms with Crippen LogP contribution in [-0.4, -0.2) is 34.4 Å². The second-order valence-electron chi connectivity index (χ2n) is 5.92. The van der Waals surface area contributed by atoms with Gasteiger partial charge in [-0.15, -0.1) is 24.8 Å². The molecule has 0 aliphatic rings. The molecule has 29 heavy (non-hydrogen) atoms. The zero-order chi connectivity index (χ0) is 18.9. The number of rotatable bonds is 9. The molecular formula is C20H24Cl2N4O2S. The van der Waals surface area contributed by atoms with E-state index in [-0.39, 0.29) is 30.4 Å². The summed E-state index contributed by atoms with van der Waals surface area (Å²) >= 11 is 1.80. The molecule has 0 saturated carbocycles. The Morgan fingerprint density at radius 3 is 2.66 bits per heavy atom. The molecule has 1 aromatic carbocycles. The van der Waals surface area contributed by atoms with Crippen molar-refractivity contribution in [3.8, 4) is 5.75 Å². The number of para-hydroxylation sites is 1. The predicted molar refractivity (Wildman–Crippen MR) is 124 cm³/mol. The van der Waals surface area contributed by atoms with Gasteiger partial charge in [0.25, 0.3) is 5.56 Å². The molecule has 0 bridgehead atoms. The van der Waals surface area contributed by atoms with Gasteiger partial charge in [0.1, 0.15) is 5.75 Å². The summed E-state index contributed by atoms with van der Waals surface area (Å²) in [5.74, 6) is 3.17. The summed E-state index contributed by atoms with van der Waals surface area (Å²) in [4.78, 5) is 23.4.